The van der Waals surface area contributed by atoms with Gasteiger partial charge in [-0.25, -0.2) is 0 Å². The van der Waals surface area contributed by atoms with Crippen molar-refractivity contribution in [2.24, 2.45) is 0 Å². The molecule has 3 aromatic rings. The van der Waals surface area contributed by atoms with E-state index in [4.69, 9.17) is 4.42 Å². The van der Waals surface area contributed by atoms with Gasteiger partial charge < -0.3 is 4.42 Å². The summed E-state index contributed by atoms with van der Waals surface area (Å²) in [5.41, 5.74) is 1.13. The molecular formula is C16H15N3O2S. The molecule has 0 saturated carbocycles. The van der Waals surface area contributed by atoms with Gasteiger partial charge in [0.1, 0.15) is 0 Å². The third-order valence-corrected chi connectivity index (χ3v) is 3.98. The van der Waals surface area contributed by atoms with E-state index in [0.29, 0.717) is 25.2 Å². The van der Waals surface area contributed by atoms with Crippen LogP contribution in [0.4, 0.5) is 6.01 Å². The lowest BCUT2D eigenvalue weighted by atomic mass is 10.1. The Labute approximate surface area is 132 Å². The summed E-state index contributed by atoms with van der Waals surface area (Å²) >= 11 is 1.63. The second-order valence-corrected chi connectivity index (χ2v) is 5.82. The lowest BCUT2D eigenvalue weighted by Gasteiger charge is -2.01. The molecule has 1 amide bonds. The number of amides is 1. The topological polar surface area (TPSA) is 68.0 Å². The second kappa shape index (κ2) is 7.00. The van der Waals surface area contributed by atoms with Crippen molar-refractivity contribution in [2.75, 3.05) is 5.32 Å². The first-order chi connectivity index (χ1) is 10.8. The molecule has 5 nitrogen and oxygen atoms in total. The number of nitrogens with one attached hydrogen (secondary N) is 1. The maximum atomic E-state index is 11.9. The van der Waals surface area contributed by atoms with Crippen LogP contribution in [0.1, 0.15) is 22.8 Å². The molecule has 0 aliphatic heterocycles. The van der Waals surface area contributed by atoms with E-state index < -0.39 is 0 Å². The van der Waals surface area contributed by atoms with E-state index in [0.717, 1.165) is 10.4 Å². The van der Waals surface area contributed by atoms with Crippen LogP contribution >= 0.6 is 11.3 Å². The third kappa shape index (κ3) is 4.02. The fourth-order valence-electron chi connectivity index (χ4n) is 2.02. The van der Waals surface area contributed by atoms with Gasteiger partial charge in [0.15, 0.2) is 0 Å². The molecule has 0 unspecified atom stereocenters. The summed E-state index contributed by atoms with van der Waals surface area (Å²) in [6.07, 6.45) is 1.65. The SMILES string of the molecule is O=C(CCc1ccccc1)Nc1nnc(Cc2cccs2)o1. The lowest BCUT2D eigenvalue weighted by molar-refractivity contribution is -0.116. The standard InChI is InChI=1S/C16H15N3O2S/c20-14(9-8-12-5-2-1-3-6-12)17-16-19-18-15(21-16)11-13-7-4-10-22-13/h1-7,10H,8-9,11H2,(H,17,19,20). The van der Waals surface area contributed by atoms with Gasteiger partial charge in [-0.2, -0.15) is 0 Å². The predicted molar refractivity (Wildman–Crippen MR) is 84.8 cm³/mol. The fraction of sp³-hybridized carbons (Fsp3) is 0.188. The molecule has 112 valence electrons. The minimum absolute atomic E-state index is 0.129. The van der Waals surface area contributed by atoms with Gasteiger partial charge in [-0.15, -0.1) is 16.4 Å². The highest BCUT2D eigenvalue weighted by Gasteiger charge is 2.10. The van der Waals surface area contributed by atoms with Gasteiger partial charge in [0.05, 0.1) is 6.42 Å². The number of aromatic nitrogens is 2. The molecule has 3 rings (SSSR count). The number of anilines is 1. The van der Waals surface area contributed by atoms with Crippen molar-refractivity contribution in [3.8, 4) is 0 Å². The van der Waals surface area contributed by atoms with Crippen LogP contribution in [0, 0.1) is 0 Å². The first kappa shape index (κ1) is 14.5. The van der Waals surface area contributed by atoms with Gasteiger partial charge in [-0.05, 0) is 23.4 Å². The van der Waals surface area contributed by atoms with Crippen LogP contribution in [-0.2, 0) is 17.6 Å². The Morgan fingerprint density at radius 3 is 2.77 bits per heavy atom. The van der Waals surface area contributed by atoms with Crippen LogP contribution in [0.3, 0.4) is 0 Å². The minimum atomic E-state index is -0.129. The van der Waals surface area contributed by atoms with Gasteiger partial charge in [-0.1, -0.05) is 41.5 Å². The zero-order chi connectivity index (χ0) is 15.2. The maximum absolute atomic E-state index is 11.9. The molecule has 2 heterocycles. The number of aryl methyl sites for hydroxylation is 1. The zero-order valence-electron chi connectivity index (χ0n) is 11.9. The van der Waals surface area contributed by atoms with Gasteiger partial charge in [0.2, 0.25) is 11.8 Å². The van der Waals surface area contributed by atoms with E-state index >= 15 is 0 Å². The molecule has 22 heavy (non-hydrogen) atoms. The van der Waals surface area contributed by atoms with Crippen LogP contribution in [0.5, 0.6) is 0 Å². The summed E-state index contributed by atoms with van der Waals surface area (Å²) in [4.78, 5) is 13.0. The Bertz CT molecular complexity index is 723. The summed E-state index contributed by atoms with van der Waals surface area (Å²) in [7, 11) is 0. The number of hydrogen-bond acceptors (Lipinski definition) is 5. The molecule has 1 N–H and O–H groups in total. The molecule has 1 aromatic carbocycles. The number of hydrogen-bond donors (Lipinski definition) is 1. The van der Waals surface area contributed by atoms with Gasteiger partial charge in [0.25, 0.3) is 0 Å². The lowest BCUT2D eigenvalue weighted by Crippen LogP contribution is -2.12. The Morgan fingerprint density at radius 2 is 2.00 bits per heavy atom. The van der Waals surface area contributed by atoms with Crippen molar-refractivity contribution < 1.29 is 9.21 Å². The molecule has 0 saturated heterocycles. The average molecular weight is 313 g/mol. The van der Waals surface area contributed by atoms with Gasteiger partial charge in [0, 0.05) is 11.3 Å². The summed E-state index contributed by atoms with van der Waals surface area (Å²) in [5.74, 6) is 0.371. The Balaban J connectivity index is 1.50. The largest absolute Gasteiger partial charge is 0.407 e. The van der Waals surface area contributed by atoms with E-state index in [9.17, 15) is 4.79 Å². The van der Waals surface area contributed by atoms with Crippen LogP contribution in [0.15, 0.2) is 52.3 Å². The molecule has 0 aliphatic rings. The molecule has 0 bridgehead atoms. The van der Waals surface area contributed by atoms with E-state index in [1.165, 1.54) is 0 Å². The highest BCUT2D eigenvalue weighted by atomic mass is 32.1. The first-order valence-electron chi connectivity index (χ1n) is 6.98. The highest BCUT2D eigenvalue weighted by molar-refractivity contribution is 7.09. The summed E-state index contributed by atoms with van der Waals surface area (Å²) in [6.45, 7) is 0. The van der Waals surface area contributed by atoms with Crippen molar-refractivity contribution >= 4 is 23.3 Å². The maximum Gasteiger partial charge on any atom is 0.322 e. The van der Waals surface area contributed by atoms with E-state index in [-0.39, 0.29) is 11.9 Å². The normalized spacial score (nSPS) is 10.5. The van der Waals surface area contributed by atoms with Crippen LogP contribution in [0.25, 0.3) is 0 Å². The monoisotopic (exact) mass is 313 g/mol. The quantitative estimate of drug-likeness (QED) is 0.758. The molecule has 0 spiro atoms. The molecule has 0 atom stereocenters. The number of thiophene rings is 1. The second-order valence-electron chi connectivity index (χ2n) is 4.79. The molecule has 0 fully saturated rings. The minimum Gasteiger partial charge on any atom is -0.407 e. The summed E-state index contributed by atoms with van der Waals surface area (Å²) < 4.78 is 5.43. The number of rotatable bonds is 6. The molecule has 0 aliphatic carbocycles. The number of nitrogens with zero attached hydrogens (tertiary/aromatic N) is 2. The van der Waals surface area contributed by atoms with E-state index in [1.807, 2.05) is 47.8 Å². The first-order valence-corrected chi connectivity index (χ1v) is 7.86. The Hall–Kier alpha value is -2.47. The van der Waals surface area contributed by atoms with E-state index in [1.54, 1.807) is 11.3 Å². The zero-order valence-corrected chi connectivity index (χ0v) is 12.7. The van der Waals surface area contributed by atoms with Crippen molar-refractivity contribution in [1.82, 2.24) is 10.2 Å². The van der Waals surface area contributed by atoms with Crippen LogP contribution < -0.4 is 5.32 Å². The summed E-state index contributed by atoms with van der Waals surface area (Å²) in [6, 6.07) is 14.0. The third-order valence-electron chi connectivity index (χ3n) is 3.10. The van der Waals surface area contributed by atoms with E-state index in [2.05, 4.69) is 15.5 Å². The van der Waals surface area contributed by atoms with Crippen LogP contribution in [-0.4, -0.2) is 16.1 Å². The van der Waals surface area contributed by atoms with Gasteiger partial charge in [-0.3, -0.25) is 10.1 Å². The van der Waals surface area contributed by atoms with Crippen molar-refractivity contribution in [3.63, 3.8) is 0 Å². The molecule has 6 heteroatoms. The van der Waals surface area contributed by atoms with Crippen molar-refractivity contribution in [3.05, 3.63) is 64.2 Å². The predicted octanol–water partition coefficient (Wildman–Crippen LogP) is 3.29. The Morgan fingerprint density at radius 1 is 1.14 bits per heavy atom. The number of benzene rings is 1. The van der Waals surface area contributed by atoms with Crippen molar-refractivity contribution in [1.29, 1.82) is 0 Å². The molecule has 0 radical (unpaired) electrons. The molecular weight excluding hydrogens is 298 g/mol. The van der Waals surface area contributed by atoms with Crippen molar-refractivity contribution in [2.45, 2.75) is 19.3 Å². The smallest absolute Gasteiger partial charge is 0.322 e. The average Bonchev–Trinajstić information content (AvgIpc) is 3.19. The number of carbonyl (C=O) groups is 1. The summed E-state index contributed by atoms with van der Waals surface area (Å²) in [5, 5.41) is 12.4. The number of carbonyl (C=O) groups excluding carboxylic acids is 1. The van der Waals surface area contributed by atoms with Gasteiger partial charge >= 0.3 is 6.01 Å². The molecule has 2 aromatic heterocycles. The highest BCUT2D eigenvalue weighted by Crippen LogP contribution is 2.15. The fourth-order valence-corrected chi connectivity index (χ4v) is 2.72. The Kier molecular flexibility index (Phi) is 4.60. The van der Waals surface area contributed by atoms with Crippen LogP contribution in [0.2, 0.25) is 0 Å².